The first-order chi connectivity index (χ1) is 9.09. The van der Waals surface area contributed by atoms with E-state index >= 15 is 0 Å². The zero-order chi connectivity index (χ0) is 13.8. The summed E-state index contributed by atoms with van der Waals surface area (Å²) in [7, 11) is 0. The summed E-state index contributed by atoms with van der Waals surface area (Å²) < 4.78 is 5.70. The van der Waals surface area contributed by atoms with Crippen molar-refractivity contribution in [2.75, 3.05) is 5.73 Å². The Morgan fingerprint density at radius 3 is 2.47 bits per heavy atom. The molecule has 0 aliphatic heterocycles. The SMILES string of the molecule is CC(=O)c1ccc(OCc2ccccc2)c(N)c1C. The Morgan fingerprint density at radius 1 is 1.16 bits per heavy atom. The van der Waals surface area contributed by atoms with Gasteiger partial charge in [-0.3, -0.25) is 4.79 Å². The molecule has 0 aromatic heterocycles. The molecule has 2 aromatic carbocycles. The highest BCUT2D eigenvalue weighted by molar-refractivity contribution is 5.97. The maximum atomic E-state index is 11.4. The van der Waals surface area contributed by atoms with Gasteiger partial charge in [0.05, 0.1) is 5.69 Å². The number of nitrogens with two attached hydrogens (primary N) is 1. The van der Waals surface area contributed by atoms with Crippen LogP contribution in [-0.4, -0.2) is 5.78 Å². The van der Waals surface area contributed by atoms with Gasteiger partial charge in [-0.05, 0) is 37.1 Å². The number of ether oxygens (including phenoxy) is 1. The average molecular weight is 255 g/mol. The summed E-state index contributed by atoms with van der Waals surface area (Å²) in [4.78, 5) is 11.4. The molecule has 3 nitrogen and oxygen atoms in total. The van der Waals surface area contributed by atoms with Gasteiger partial charge >= 0.3 is 0 Å². The fourth-order valence-electron chi connectivity index (χ4n) is 1.95. The monoisotopic (exact) mass is 255 g/mol. The second kappa shape index (κ2) is 5.57. The molecule has 0 aliphatic rings. The molecule has 98 valence electrons. The first-order valence-corrected chi connectivity index (χ1v) is 6.16. The molecule has 0 fully saturated rings. The maximum Gasteiger partial charge on any atom is 0.160 e. The third kappa shape index (κ3) is 2.94. The first-order valence-electron chi connectivity index (χ1n) is 6.16. The number of benzene rings is 2. The molecule has 0 radical (unpaired) electrons. The Balaban J connectivity index is 2.18. The third-order valence-corrected chi connectivity index (χ3v) is 3.09. The maximum absolute atomic E-state index is 11.4. The molecule has 2 rings (SSSR count). The second-order valence-corrected chi connectivity index (χ2v) is 4.48. The molecular weight excluding hydrogens is 238 g/mol. The van der Waals surface area contributed by atoms with Crippen LogP contribution in [0.25, 0.3) is 0 Å². The molecular formula is C16H17NO2. The standard InChI is InChI=1S/C16H17NO2/c1-11-14(12(2)18)8-9-15(16(11)17)19-10-13-6-4-3-5-7-13/h3-9H,10,17H2,1-2H3. The van der Waals surface area contributed by atoms with E-state index in [9.17, 15) is 4.79 Å². The van der Waals surface area contributed by atoms with Crippen LogP contribution in [0.1, 0.15) is 28.4 Å². The molecule has 0 spiro atoms. The molecule has 19 heavy (non-hydrogen) atoms. The van der Waals surface area contributed by atoms with E-state index in [2.05, 4.69) is 0 Å². The van der Waals surface area contributed by atoms with Gasteiger partial charge < -0.3 is 10.5 Å². The summed E-state index contributed by atoms with van der Waals surface area (Å²) in [5, 5.41) is 0. The number of hydrogen-bond acceptors (Lipinski definition) is 3. The van der Waals surface area contributed by atoms with E-state index in [1.165, 1.54) is 6.92 Å². The normalized spacial score (nSPS) is 10.2. The lowest BCUT2D eigenvalue weighted by Crippen LogP contribution is -2.04. The minimum absolute atomic E-state index is 0.0128. The Kier molecular flexibility index (Phi) is 3.85. The van der Waals surface area contributed by atoms with Gasteiger partial charge in [0, 0.05) is 5.56 Å². The molecule has 0 heterocycles. The van der Waals surface area contributed by atoms with E-state index < -0.39 is 0 Å². The van der Waals surface area contributed by atoms with Crippen molar-refractivity contribution in [3.05, 3.63) is 59.2 Å². The van der Waals surface area contributed by atoms with E-state index in [1.54, 1.807) is 12.1 Å². The Hall–Kier alpha value is -2.29. The summed E-state index contributed by atoms with van der Waals surface area (Å²) in [6.45, 7) is 3.83. The zero-order valence-electron chi connectivity index (χ0n) is 11.1. The van der Waals surface area contributed by atoms with Gasteiger partial charge in [-0.15, -0.1) is 0 Å². The highest BCUT2D eigenvalue weighted by Gasteiger charge is 2.11. The molecule has 2 aromatic rings. The van der Waals surface area contributed by atoms with Crippen molar-refractivity contribution in [3.63, 3.8) is 0 Å². The van der Waals surface area contributed by atoms with Crippen molar-refractivity contribution in [2.45, 2.75) is 20.5 Å². The second-order valence-electron chi connectivity index (χ2n) is 4.48. The minimum Gasteiger partial charge on any atom is -0.487 e. The van der Waals surface area contributed by atoms with E-state index in [1.807, 2.05) is 37.3 Å². The van der Waals surface area contributed by atoms with Crippen LogP contribution in [-0.2, 0) is 6.61 Å². The molecule has 0 saturated heterocycles. The molecule has 2 N–H and O–H groups in total. The van der Waals surface area contributed by atoms with Gasteiger partial charge in [0.2, 0.25) is 0 Å². The molecule has 0 atom stereocenters. The van der Waals surface area contributed by atoms with E-state index in [0.29, 0.717) is 23.6 Å². The van der Waals surface area contributed by atoms with Crippen LogP contribution in [0, 0.1) is 6.92 Å². The third-order valence-electron chi connectivity index (χ3n) is 3.09. The summed E-state index contributed by atoms with van der Waals surface area (Å²) in [5.74, 6) is 0.630. The summed E-state index contributed by atoms with van der Waals surface area (Å²) in [6, 6.07) is 13.4. The Bertz CT molecular complexity index is 591. The summed E-state index contributed by atoms with van der Waals surface area (Å²) in [5.41, 5.74) is 9.04. The van der Waals surface area contributed by atoms with Crippen molar-refractivity contribution in [2.24, 2.45) is 0 Å². The number of hydrogen-bond donors (Lipinski definition) is 1. The van der Waals surface area contributed by atoms with Crippen LogP contribution in [0.3, 0.4) is 0 Å². The van der Waals surface area contributed by atoms with Crippen LogP contribution in [0.4, 0.5) is 5.69 Å². The van der Waals surface area contributed by atoms with Crippen LogP contribution < -0.4 is 10.5 Å². The van der Waals surface area contributed by atoms with Gasteiger partial charge in [-0.2, -0.15) is 0 Å². The van der Waals surface area contributed by atoms with Crippen molar-refractivity contribution in [3.8, 4) is 5.75 Å². The number of carbonyl (C=O) groups is 1. The lowest BCUT2D eigenvalue weighted by atomic mass is 10.0. The Morgan fingerprint density at radius 2 is 1.84 bits per heavy atom. The smallest absolute Gasteiger partial charge is 0.160 e. The van der Waals surface area contributed by atoms with Crippen molar-refractivity contribution in [1.82, 2.24) is 0 Å². The number of Topliss-reactive ketones (excluding diaryl/α,β-unsaturated/α-hetero) is 1. The van der Waals surface area contributed by atoms with Crippen LogP contribution >= 0.6 is 0 Å². The van der Waals surface area contributed by atoms with Gasteiger partial charge in [0.25, 0.3) is 0 Å². The van der Waals surface area contributed by atoms with E-state index in [4.69, 9.17) is 10.5 Å². The van der Waals surface area contributed by atoms with Gasteiger partial charge in [0.15, 0.2) is 5.78 Å². The molecule has 0 bridgehead atoms. The molecule has 3 heteroatoms. The predicted octanol–water partition coefficient (Wildman–Crippen LogP) is 3.36. The molecule has 0 aliphatic carbocycles. The number of ketones is 1. The van der Waals surface area contributed by atoms with Gasteiger partial charge in [0.1, 0.15) is 12.4 Å². The van der Waals surface area contributed by atoms with Gasteiger partial charge in [-0.25, -0.2) is 0 Å². The average Bonchev–Trinajstić information content (AvgIpc) is 2.41. The topological polar surface area (TPSA) is 52.3 Å². The van der Waals surface area contributed by atoms with E-state index in [-0.39, 0.29) is 5.78 Å². The van der Waals surface area contributed by atoms with Crippen LogP contribution in [0.15, 0.2) is 42.5 Å². The van der Waals surface area contributed by atoms with Crippen LogP contribution in [0.5, 0.6) is 5.75 Å². The fraction of sp³-hybridized carbons (Fsp3) is 0.188. The lowest BCUT2D eigenvalue weighted by molar-refractivity contribution is 0.101. The van der Waals surface area contributed by atoms with Crippen molar-refractivity contribution >= 4 is 11.5 Å². The van der Waals surface area contributed by atoms with E-state index in [0.717, 1.165) is 11.1 Å². The molecule has 0 unspecified atom stereocenters. The first kappa shape index (κ1) is 13.1. The van der Waals surface area contributed by atoms with Crippen molar-refractivity contribution in [1.29, 1.82) is 0 Å². The molecule has 0 amide bonds. The minimum atomic E-state index is 0.0128. The molecule has 0 saturated carbocycles. The predicted molar refractivity (Wildman–Crippen MR) is 76.4 cm³/mol. The number of rotatable bonds is 4. The highest BCUT2D eigenvalue weighted by Crippen LogP contribution is 2.28. The van der Waals surface area contributed by atoms with Gasteiger partial charge in [-0.1, -0.05) is 30.3 Å². The van der Waals surface area contributed by atoms with Crippen molar-refractivity contribution < 1.29 is 9.53 Å². The number of carbonyl (C=O) groups excluding carboxylic acids is 1. The zero-order valence-corrected chi connectivity index (χ0v) is 11.1. The summed E-state index contributed by atoms with van der Waals surface area (Å²) >= 11 is 0. The fourth-order valence-corrected chi connectivity index (χ4v) is 1.95. The van der Waals surface area contributed by atoms with Crippen LogP contribution in [0.2, 0.25) is 0 Å². The summed E-state index contributed by atoms with van der Waals surface area (Å²) in [6.07, 6.45) is 0. The highest BCUT2D eigenvalue weighted by atomic mass is 16.5. The Labute approximate surface area is 113 Å². The quantitative estimate of drug-likeness (QED) is 0.673. The lowest BCUT2D eigenvalue weighted by Gasteiger charge is -2.13. The number of nitrogen functional groups attached to an aromatic ring is 1. The largest absolute Gasteiger partial charge is 0.487 e. The number of anilines is 1.